The molecule has 2 aromatic carbocycles. The molecule has 0 atom stereocenters. The zero-order valence-electron chi connectivity index (χ0n) is 15.9. The van der Waals surface area contributed by atoms with Gasteiger partial charge in [-0.1, -0.05) is 12.1 Å². The van der Waals surface area contributed by atoms with Crippen LogP contribution >= 0.6 is 0 Å². The Morgan fingerprint density at radius 3 is 2.43 bits per heavy atom. The second-order valence-electron chi connectivity index (χ2n) is 6.40. The first kappa shape index (κ1) is 17.8. The van der Waals surface area contributed by atoms with Crippen LogP contribution in [-0.4, -0.2) is 33.4 Å². The van der Waals surface area contributed by atoms with Crippen molar-refractivity contribution in [3.8, 4) is 22.8 Å². The number of hydrogen-bond donors (Lipinski definition) is 0. The third kappa shape index (κ3) is 3.22. The molecule has 7 nitrogen and oxygen atoms in total. The lowest BCUT2D eigenvalue weighted by Crippen LogP contribution is -2.23. The van der Waals surface area contributed by atoms with E-state index in [4.69, 9.17) is 9.47 Å². The topological polar surface area (TPSA) is 70.7 Å². The van der Waals surface area contributed by atoms with Crippen LogP contribution in [0.3, 0.4) is 0 Å². The highest BCUT2D eigenvalue weighted by atomic mass is 16.5. The highest BCUT2D eigenvalue weighted by Gasteiger charge is 2.13. The van der Waals surface area contributed by atoms with Crippen LogP contribution in [0.25, 0.3) is 16.9 Å². The quantitative estimate of drug-likeness (QED) is 0.536. The molecule has 0 spiro atoms. The minimum Gasteiger partial charge on any atom is -0.497 e. The van der Waals surface area contributed by atoms with Crippen molar-refractivity contribution in [2.24, 2.45) is 0 Å². The molecule has 0 unspecified atom stereocenters. The fourth-order valence-electron chi connectivity index (χ4n) is 3.16. The number of nitrogens with zero attached hydrogens (tertiary/aromatic N) is 4. The normalized spacial score (nSPS) is 11.0. The van der Waals surface area contributed by atoms with Crippen LogP contribution < -0.4 is 15.2 Å². The second-order valence-corrected chi connectivity index (χ2v) is 6.40. The molecule has 0 amide bonds. The molecule has 0 aliphatic heterocycles. The summed E-state index contributed by atoms with van der Waals surface area (Å²) >= 11 is 0. The van der Waals surface area contributed by atoms with Gasteiger partial charge in [0.2, 0.25) is 0 Å². The maximum absolute atomic E-state index is 12.8. The van der Waals surface area contributed by atoms with E-state index in [9.17, 15) is 4.79 Å². The van der Waals surface area contributed by atoms with Crippen LogP contribution in [0.15, 0.2) is 59.4 Å². The van der Waals surface area contributed by atoms with Crippen molar-refractivity contribution in [2.75, 3.05) is 14.2 Å². The Morgan fingerprint density at radius 1 is 0.964 bits per heavy atom. The van der Waals surface area contributed by atoms with E-state index in [0.717, 1.165) is 28.3 Å². The van der Waals surface area contributed by atoms with Gasteiger partial charge in [-0.15, -0.1) is 5.10 Å². The van der Waals surface area contributed by atoms with Gasteiger partial charge >= 0.3 is 5.69 Å². The maximum atomic E-state index is 12.8. The Morgan fingerprint density at radius 2 is 1.71 bits per heavy atom. The molecular formula is C21H20N4O3. The number of rotatable bonds is 5. The third-order valence-electron chi connectivity index (χ3n) is 4.59. The number of aryl methyl sites for hydroxylation is 1. The Kier molecular flexibility index (Phi) is 4.57. The van der Waals surface area contributed by atoms with Gasteiger partial charge in [-0.3, -0.25) is 0 Å². The van der Waals surface area contributed by atoms with Gasteiger partial charge in [0.25, 0.3) is 0 Å². The Balaban J connectivity index is 1.75. The molecule has 0 bridgehead atoms. The summed E-state index contributed by atoms with van der Waals surface area (Å²) in [6, 6.07) is 17.0. The minimum atomic E-state index is -0.218. The van der Waals surface area contributed by atoms with Crippen molar-refractivity contribution >= 4 is 5.65 Å². The predicted molar refractivity (Wildman–Crippen MR) is 106 cm³/mol. The molecule has 0 N–H and O–H groups in total. The van der Waals surface area contributed by atoms with Gasteiger partial charge in [-0.05, 0) is 48.9 Å². The number of aromatic nitrogens is 4. The highest BCUT2D eigenvalue weighted by molar-refractivity contribution is 5.64. The molecule has 4 rings (SSSR count). The Bertz CT molecular complexity index is 1190. The Hall–Kier alpha value is -3.61. The van der Waals surface area contributed by atoms with Gasteiger partial charge < -0.3 is 9.47 Å². The van der Waals surface area contributed by atoms with Crippen molar-refractivity contribution in [2.45, 2.75) is 13.5 Å². The van der Waals surface area contributed by atoms with E-state index in [2.05, 4.69) is 10.1 Å². The molecule has 142 valence electrons. The average Bonchev–Trinajstić information content (AvgIpc) is 3.04. The first-order valence-electron chi connectivity index (χ1n) is 8.83. The molecule has 28 heavy (non-hydrogen) atoms. The largest absolute Gasteiger partial charge is 0.497 e. The van der Waals surface area contributed by atoms with Crippen LogP contribution in [0.2, 0.25) is 0 Å². The lowest BCUT2D eigenvalue weighted by molar-refractivity contribution is 0.414. The van der Waals surface area contributed by atoms with E-state index in [1.54, 1.807) is 21.1 Å². The molecule has 0 saturated heterocycles. The summed E-state index contributed by atoms with van der Waals surface area (Å²) in [7, 11) is 3.25. The predicted octanol–water partition coefficient (Wildman–Crippen LogP) is 2.93. The Labute approximate surface area is 161 Å². The van der Waals surface area contributed by atoms with E-state index in [1.807, 2.05) is 54.6 Å². The summed E-state index contributed by atoms with van der Waals surface area (Å²) in [5.74, 6) is 2.11. The lowest BCUT2D eigenvalue weighted by atomic mass is 10.1. The van der Waals surface area contributed by atoms with Crippen LogP contribution in [0.1, 0.15) is 11.4 Å². The van der Waals surface area contributed by atoms with E-state index < -0.39 is 0 Å². The zero-order chi connectivity index (χ0) is 19.7. The van der Waals surface area contributed by atoms with E-state index >= 15 is 0 Å². The zero-order valence-corrected chi connectivity index (χ0v) is 15.9. The highest BCUT2D eigenvalue weighted by Crippen LogP contribution is 2.22. The van der Waals surface area contributed by atoms with Gasteiger partial charge in [-0.2, -0.15) is 0 Å². The SMILES string of the molecule is COc1ccc(-c2cc3nn(Cc4cccc(OC)c4)c(=O)n3c(C)n2)cc1. The summed E-state index contributed by atoms with van der Waals surface area (Å²) < 4.78 is 13.4. The van der Waals surface area contributed by atoms with Crippen LogP contribution in [0.4, 0.5) is 0 Å². The minimum absolute atomic E-state index is 0.218. The molecular weight excluding hydrogens is 356 g/mol. The summed E-state index contributed by atoms with van der Waals surface area (Å²) in [6.45, 7) is 2.16. The molecule has 2 heterocycles. The van der Waals surface area contributed by atoms with E-state index in [-0.39, 0.29) is 5.69 Å². The third-order valence-corrected chi connectivity index (χ3v) is 4.59. The fourth-order valence-corrected chi connectivity index (χ4v) is 3.16. The molecule has 0 aliphatic carbocycles. The van der Waals surface area contributed by atoms with Crippen molar-refractivity contribution in [1.29, 1.82) is 0 Å². The number of hydrogen-bond acceptors (Lipinski definition) is 5. The van der Waals surface area contributed by atoms with Gasteiger partial charge in [0.15, 0.2) is 5.65 Å². The molecule has 0 fully saturated rings. The summed E-state index contributed by atoms with van der Waals surface area (Å²) in [6.07, 6.45) is 0. The molecule has 2 aromatic heterocycles. The van der Waals surface area contributed by atoms with Gasteiger partial charge in [0.1, 0.15) is 17.3 Å². The number of benzene rings is 2. The molecule has 7 heteroatoms. The van der Waals surface area contributed by atoms with Crippen molar-refractivity contribution in [1.82, 2.24) is 19.2 Å². The van der Waals surface area contributed by atoms with Gasteiger partial charge in [-0.25, -0.2) is 18.9 Å². The van der Waals surface area contributed by atoms with Crippen LogP contribution in [0, 0.1) is 6.92 Å². The van der Waals surface area contributed by atoms with Crippen molar-refractivity contribution < 1.29 is 9.47 Å². The summed E-state index contributed by atoms with van der Waals surface area (Å²) in [5.41, 5.74) is 2.97. The first-order chi connectivity index (χ1) is 13.6. The lowest BCUT2D eigenvalue weighted by Gasteiger charge is -2.05. The van der Waals surface area contributed by atoms with Crippen LogP contribution in [-0.2, 0) is 6.54 Å². The molecule has 0 saturated carbocycles. The number of ether oxygens (including phenoxy) is 2. The monoisotopic (exact) mass is 376 g/mol. The van der Waals surface area contributed by atoms with Gasteiger partial charge in [0, 0.05) is 11.6 Å². The second kappa shape index (κ2) is 7.19. The van der Waals surface area contributed by atoms with Crippen LogP contribution in [0.5, 0.6) is 11.5 Å². The average molecular weight is 376 g/mol. The fraction of sp³-hybridized carbons (Fsp3) is 0.190. The summed E-state index contributed by atoms with van der Waals surface area (Å²) in [5, 5.41) is 4.51. The van der Waals surface area contributed by atoms with E-state index in [1.165, 1.54) is 9.08 Å². The molecule has 0 radical (unpaired) electrons. The smallest absolute Gasteiger partial charge is 0.352 e. The number of fused-ring (bicyclic) bond motifs is 1. The maximum Gasteiger partial charge on any atom is 0.352 e. The standard InChI is InChI=1S/C21H20N4O3/c1-14-22-19(16-7-9-17(27-2)10-8-16)12-20-23-24(21(26)25(14)20)13-15-5-4-6-18(11-15)28-3/h4-12H,13H2,1-3H3. The van der Waals surface area contributed by atoms with E-state index in [0.29, 0.717) is 18.0 Å². The summed E-state index contributed by atoms with van der Waals surface area (Å²) in [4.78, 5) is 17.4. The molecule has 0 aliphatic rings. The first-order valence-corrected chi connectivity index (χ1v) is 8.83. The molecule has 4 aromatic rings. The van der Waals surface area contributed by atoms with Gasteiger partial charge in [0.05, 0.1) is 26.5 Å². The van der Waals surface area contributed by atoms with Crippen molar-refractivity contribution in [3.05, 3.63) is 76.5 Å². The number of methoxy groups -OCH3 is 2. The van der Waals surface area contributed by atoms with Crippen molar-refractivity contribution in [3.63, 3.8) is 0 Å².